The standard InChI is InChI=1S/C14H19BrN2O2/c1-3-13-14(18)16-6-7-17(13)9-10-8-11(19-2)4-5-12(10)15/h4-5,8,13H,3,6-7,9H2,1-2H3,(H,16,18). The van der Waals surface area contributed by atoms with Gasteiger partial charge in [0.2, 0.25) is 5.91 Å². The molecule has 1 unspecified atom stereocenters. The summed E-state index contributed by atoms with van der Waals surface area (Å²) in [6.07, 6.45) is 0.827. The molecule has 1 N–H and O–H groups in total. The number of rotatable bonds is 4. The fourth-order valence-electron chi connectivity index (χ4n) is 2.41. The van der Waals surface area contributed by atoms with E-state index in [9.17, 15) is 4.79 Å². The van der Waals surface area contributed by atoms with E-state index in [-0.39, 0.29) is 11.9 Å². The first-order valence-electron chi connectivity index (χ1n) is 6.50. The van der Waals surface area contributed by atoms with E-state index < -0.39 is 0 Å². The molecular formula is C14H19BrN2O2. The first-order chi connectivity index (χ1) is 9.15. The van der Waals surface area contributed by atoms with Gasteiger partial charge in [0.1, 0.15) is 5.75 Å². The predicted octanol–water partition coefficient (Wildman–Crippen LogP) is 2.17. The lowest BCUT2D eigenvalue weighted by atomic mass is 10.1. The van der Waals surface area contributed by atoms with E-state index in [2.05, 4.69) is 26.1 Å². The first-order valence-corrected chi connectivity index (χ1v) is 7.29. The van der Waals surface area contributed by atoms with E-state index in [1.165, 1.54) is 0 Å². The quantitative estimate of drug-likeness (QED) is 0.922. The molecule has 0 aliphatic carbocycles. The van der Waals surface area contributed by atoms with Crippen LogP contribution in [0.3, 0.4) is 0 Å². The Hall–Kier alpha value is -1.07. The van der Waals surface area contributed by atoms with Crippen LogP contribution in [0.15, 0.2) is 22.7 Å². The molecule has 1 aliphatic heterocycles. The molecule has 1 saturated heterocycles. The van der Waals surface area contributed by atoms with Crippen LogP contribution in [-0.4, -0.2) is 37.0 Å². The summed E-state index contributed by atoms with van der Waals surface area (Å²) in [6.45, 7) is 4.40. The fraction of sp³-hybridized carbons (Fsp3) is 0.500. The number of hydrogen-bond acceptors (Lipinski definition) is 3. The highest BCUT2D eigenvalue weighted by Crippen LogP contribution is 2.25. The van der Waals surface area contributed by atoms with Crippen LogP contribution in [0.5, 0.6) is 5.75 Å². The molecule has 104 valence electrons. The Bertz CT molecular complexity index is 465. The van der Waals surface area contributed by atoms with Crippen molar-refractivity contribution in [2.24, 2.45) is 0 Å². The van der Waals surface area contributed by atoms with Crippen molar-refractivity contribution in [3.8, 4) is 5.75 Å². The van der Waals surface area contributed by atoms with Crippen LogP contribution >= 0.6 is 15.9 Å². The Labute approximate surface area is 122 Å². The Morgan fingerprint density at radius 1 is 1.53 bits per heavy atom. The van der Waals surface area contributed by atoms with E-state index in [0.29, 0.717) is 0 Å². The van der Waals surface area contributed by atoms with Crippen LogP contribution < -0.4 is 10.1 Å². The van der Waals surface area contributed by atoms with Gasteiger partial charge in [-0.15, -0.1) is 0 Å². The van der Waals surface area contributed by atoms with Gasteiger partial charge in [0.15, 0.2) is 0 Å². The highest BCUT2D eigenvalue weighted by Gasteiger charge is 2.28. The maximum absolute atomic E-state index is 11.8. The van der Waals surface area contributed by atoms with Gasteiger partial charge in [0.25, 0.3) is 0 Å². The van der Waals surface area contributed by atoms with Crippen LogP contribution in [0.25, 0.3) is 0 Å². The van der Waals surface area contributed by atoms with Crippen LogP contribution in [0.1, 0.15) is 18.9 Å². The monoisotopic (exact) mass is 326 g/mol. The number of nitrogens with one attached hydrogen (secondary N) is 1. The fourth-order valence-corrected chi connectivity index (χ4v) is 2.79. The van der Waals surface area contributed by atoms with Gasteiger partial charge in [0, 0.05) is 24.1 Å². The molecule has 1 fully saturated rings. The van der Waals surface area contributed by atoms with Gasteiger partial charge < -0.3 is 10.1 Å². The van der Waals surface area contributed by atoms with E-state index in [0.717, 1.165) is 41.8 Å². The van der Waals surface area contributed by atoms with E-state index >= 15 is 0 Å². The van der Waals surface area contributed by atoms with Crippen molar-refractivity contribution in [1.82, 2.24) is 10.2 Å². The smallest absolute Gasteiger partial charge is 0.237 e. The van der Waals surface area contributed by atoms with Gasteiger partial charge in [-0.2, -0.15) is 0 Å². The molecule has 1 atom stereocenters. The third-order valence-corrected chi connectivity index (χ3v) is 4.23. The van der Waals surface area contributed by atoms with Crippen LogP contribution in [0.4, 0.5) is 0 Å². The summed E-state index contributed by atoms with van der Waals surface area (Å²) in [7, 11) is 1.66. The highest BCUT2D eigenvalue weighted by molar-refractivity contribution is 9.10. The molecule has 1 aliphatic rings. The largest absolute Gasteiger partial charge is 0.497 e. The highest BCUT2D eigenvalue weighted by atomic mass is 79.9. The Morgan fingerprint density at radius 3 is 3.00 bits per heavy atom. The summed E-state index contributed by atoms with van der Waals surface area (Å²) in [5, 5.41) is 2.92. The summed E-state index contributed by atoms with van der Waals surface area (Å²) in [4.78, 5) is 14.1. The first kappa shape index (κ1) is 14.3. The van der Waals surface area contributed by atoms with Crippen LogP contribution in [0, 0.1) is 0 Å². The van der Waals surface area contributed by atoms with Crippen molar-refractivity contribution >= 4 is 21.8 Å². The van der Waals surface area contributed by atoms with Crippen molar-refractivity contribution in [3.05, 3.63) is 28.2 Å². The summed E-state index contributed by atoms with van der Waals surface area (Å²) in [5.74, 6) is 0.973. The second-order valence-corrected chi connectivity index (χ2v) is 5.50. The molecule has 0 spiro atoms. The summed E-state index contributed by atoms with van der Waals surface area (Å²) in [6, 6.07) is 5.89. The third-order valence-electron chi connectivity index (χ3n) is 3.45. The Morgan fingerprint density at radius 2 is 2.32 bits per heavy atom. The Balaban J connectivity index is 2.17. The molecule has 5 heteroatoms. The van der Waals surface area contributed by atoms with Crippen LogP contribution in [0.2, 0.25) is 0 Å². The van der Waals surface area contributed by atoms with Crippen molar-refractivity contribution < 1.29 is 9.53 Å². The zero-order valence-corrected chi connectivity index (χ0v) is 12.9. The third kappa shape index (κ3) is 3.28. The lowest BCUT2D eigenvalue weighted by molar-refractivity contribution is -0.129. The lowest BCUT2D eigenvalue weighted by Crippen LogP contribution is -2.54. The van der Waals surface area contributed by atoms with Gasteiger partial charge in [-0.05, 0) is 30.2 Å². The number of methoxy groups -OCH3 is 1. The molecular weight excluding hydrogens is 308 g/mol. The molecule has 0 saturated carbocycles. The molecule has 2 rings (SSSR count). The predicted molar refractivity (Wildman–Crippen MR) is 78.2 cm³/mol. The summed E-state index contributed by atoms with van der Waals surface area (Å²) in [5.41, 5.74) is 1.15. The minimum atomic E-state index is -0.0353. The van der Waals surface area contributed by atoms with Crippen molar-refractivity contribution in [1.29, 1.82) is 0 Å². The number of piperazine rings is 1. The molecule has 1 aromatic rings. The van der Waals surface area contributed by atoms with Gasteiger partial charge >= 0.3 is 0 Å². The number of benzene rings is 1. The van der Waals surface area contributed by atoms with E-state index in [4.69, 9.17) is 4.74 Å². The van der Waals surface area contributed by atoms with E-state index in [1.54, 1.807) is 7.11 Å². The van der Waals surface area contributed by atoms with Crippen molar-refractivity contribution in [2.75, 3.05) is 20.2 Å². The number of ether oxygens (including phenoxy) is 1. The number of nitrogens with zero attached hydrogens (tertiary/aromatic N) is 1. The Kier molecular flexibility index (Phi) is 4.82. The molecule has 4 nitrogen and oxygen atoms in total. The topological polar surface area (TPSA) is 41.6 Å². The molecule has 0 radical (unpaired) electrons. The number of hydrogen-bond donors (Lipinski definition) is 1. The number of amides is 1. The number of carbonyl (C=O) groups excluding carboxylic acids is 1. The molecule has 0 aromatic heterocycles. The summed E-state index contributed by atoms with van der Waals surface area (Å²) >= 11 is 3.56. The zero-order chi connectivity index (χ0) is 13.8. The maximum atomic E-state index is 11.8. The normalized spacial score (nSPS) is 20.2. The number of carbonyl (C=O) groups is 1. The second kappa shape index (κ2) is 6.39. The molecule has 19 heavy (non-hydrogen) atoms. The van der Waals surface area contributed by atoms with E-state index in [1.807, 2.05) is 25.1 Å². The van der Waals surface area contributed by atoms with Gasteiger partial charge in [-0.25, -0.2) is 0 Å². The van der Waals surface area contributed by atoms with Crippen molar-refractivity contribution in [2.45, 2.75) is 25.9 Å². The van der Waals surface area contributed by atoms with Crippen LogP contribution in [-0.2, 0) is 11.3 Å². The zero-order valence-electron chi connectivity index (χ0n) is 11.3. The number of halogens is 1. The molecule has 1 aromatic carbocycles. The SMILES string of the molecule is CCC1C(=O)NCCN1Cc1cc(OC)ccc1Br. The average Bonchev–Trinajstić information content (AvgIpc) is 2.41. The minimum Gasteiger partial charge on any atom is -0.497 e. The van der Waals surface area contributed by atoms with Crippen molar-refractivity contribution in [3.63, 3.8) is 0 Å². The average molecular weight is 327 g/mol. The van der Waals surface area contributed by atoms with Gasteiger partial charge in [-0.1, -0.05) is 22.9 Å². The molecule has 1 heterocycles. The van der Waals surface area contributed by atoms with Gasteiger partial charge in [-0.3, -0.25) is 9.69 Å². The lowest BCUT2D eigenvalue weighted by Gasteiger charge is -2.34. The van der Waals surface area contributed by atoms with Gasteiger partial charge in [0.05, 0.1) is 13.2 Å². The minimum absolute atomic E-state index is 0.0353. The molecule has 0 bridgehead atoms. The summed E-state index contributed by atoms with van der Waals surface area (Å²) < 4.78 is 6.30. The maximum Gasteiger partial charge on any atom is 0.237 e. The molecule has 1 amide bonds. The second-order valence-electron chi connectivity index (χ2n) is 4.64.